The van der Waals surface area contributed by atoms with Gasteiger partial charge in [-0.25, -0.2) is 47.9 Å². The van der Waals surface area contributed by atoms with Gasteiger partial charge in [0.2, 0.25) is 59.1 Å². The van der Waals surface area contributed by atoms with Crippen LogP contribution in [0.3, 0.4) is 0 Å². The Morgan fingerprint density at radius 2 is 0.247 bits per heavy atom. The minimum Gasteiger partial charge on any atom is -0.467 e. The summed E-state index contributed by atoms with van der Waals surface area (Å²) in [4.78, 5) is 289. The van der Waals surface area contributed by atoms with Crippen LogP contribution in [-0.2, 0) is 143 Å². The maximum absolute atomic E-state index is 15.1. The highest BCUT2D eigenvalue weighted by molar-refractivity contribution is 8.78. The van der Waals surface area contributed by atoms with Gasteiger partial charge in [-0.15, -0.1) is 0 Å². The maximum atomic E-state index is 15.1. The lowest BCUT2D eigenvalue weighted by Gasteiger charge is -2.60. The highest BCUT2D eigenvalue weighted by Gasteiger charge is 2.70. The molecule has 830 valence electrons. The molecule has 0 radical (unpaired) electrons. The molecule has 21 aliphatic rings. The third kappa shape index (κ3) is 24.2. The minimum absolute atomic E-state index is 0.0561. The van der Waals surface area contributed by atoms with Crippen LogP contribution in [0.5, 0.6) is 0 Å². The summed E-state index contributed by atoms with van der Waals surface area (Å²) in [5, 5.41) is 29.7. The van der Waals surface area contributed by atoms with Gasteiger partial charge < -0.3 is 101 Å². The van der Waals surface area contributed by atoms with Gasteiger partial charge in [0.1, 0.15) is 60.4 Å². The lowest BCUT2D eigenvalue weighted by Crippen LogP contribution is -2.63. The van der Waals surface area contributed by atoms with Crippen LogP contribution in [0.15, 0.2) is 0 Å². The molecular weight excluding hydrogens is 2140 g/mol. The Labute approximate surface area is 911 Å². The summed E-state index contributed by atoms with van der Waals surface area (Å²) in [6.07, 6.45) is 13.0. The van der Waals surface area contributed by atoms with E-state index in [-0.39, 0.29) is 149 Å². The van der Waals surface area contributed by atoms with Gasteiger partial charge in [-0.05, 0) is 252 Å². The second-order valence-electron chi connectivity index (χ2n) is 45.9. The first kappa shape index (κ1) is 115. The average molecular weight is 2280 g/mol. The fourth-order valence-electron chi connectivity index (χ4n) is 31.4. The van der Waals surface area contributed by atoms with Crippen molar-refractivity contribution in [3.8, 4) is 0 Å². The highest BCUT2D eigenvalue weighted by atomic mass is 33.1. The number of carbonyl (C=O) groups excluding carboxylic acids is 20. The van der Waals surface area contributed by atoms with Crippen molar-refractivity contribution in [2.75, 3.05) is 129 Å². The summed E-state index contributed by atoms with van der Waals surface area (Å²) in [5.41, 5.74) is -11.0. The van der Waals surface area contributed by atoms with E-state index in [2.05, 4.69) is 53.2 Å². The molecule has 20 bridgehead atoms. The molecule has 21 fully saturated rings. The van der Waals surface area contributed by atoms with Crippen LogP contribution in [-0.4, -0.2) is 308 Å². The molecule has 150 heavy (non-hydrogen) atoms. The topological polar surface area (TPSA) is 554 Å². The summed E-state index contributed by atoms with van der Waals surface area (Å²) >= 11 is 0. The highest BCUT2D eigenvalue weighted by Crippen LogP contribution is 2.71. The van der Waals surface area contributed by atoms with Gasteiger partial charge in [0.15, 0.2) is 0 Å². The van der Waals surface area contributed by atoms with E-state index in [1.807, 2.05) is 0 Å². The standard InChI is InChI=1S/C100H140N10O30S10/c1-131-71(111)61-36-141-142-37-62(72(112)132-2)102-83(123)93-20-53-12-54(21-93)23-94(22-53,47-93)84(124)104-65(75(115)135-5)40-145-146-41-66(76(116)136-6)106-87(127)97-28-57-14-58(29-97)31-98(30-57,49-97)88(128)108-69(79(119)139-9)44-149-150-45-70(80(120)140-10)110-90(130)100-34-59-15-60(35-100)33-99(32-59,50-100)89(129)109-68(78(118)138-8)43-148-147-42-67(77(117)137-7)107-86(126)96-26-55-13-56(27-96)25-95(24-55,48-96)85(125)105-64(74(114)134-4)39-144-143-38-63(73(113)133-3)103-82(122)92-18-51-11-52(19-92)17-91(16-51,46-92)81(121)101-61/h51-70H,11-50H2,1-10H3,(H,101,121)(H,102,123)(H,103,122)(H,104,124)(H,105,125)(H,106,127)(H,107,126)(H,108,128)(H,109,129)(H,110,130)/t51?,52?,53?,54?,55?,56?,57?,58?,59?,60?,61-,62-,63-,64?,65?,66-,67-,68-,69?,70-,91?,92?,93?,94?,95?,96?,97?,98?,99?,100?/m0/s1. The van der Waals surface area contributed by atoms with Crippen LogP contribution < -0.4 is 53.2 Å². The number of hydrogen-bond acceptors (Lipinski definition) is 40. The Kier molecular flexibility index (Phi) is 36.7. The Hall–Kier alpha value is -7.10. The molecule has 1 heterocycles. The number of rotatable bonds is 10. The number of hydrogen-bond donors (Lipinski definition) is 10. The van der Waals surface area contributed by atoms with Crippen molar-refractivity contribution in [2.24, 2.45) is 113 Å². The van der Waals surface area contributed by atoms with Crippen molar-refractivity contribution in [1.82, 2.24) is 53.2 Å². The molecule has 1 aliphatic heterocycles. The van der Waals surface area contributed by atoms with Crippen LogP contribution in [0.4, 0.5) is 0 Å². The first-order valence-corrected chi connectivity index (χ1v) is 64.1. The molecule has 13 unspecified atom stereocenters. The van der Waals surface area contributed by atoms with Crippen molar-refractivity contribution in [1.29, 1.82) is 0 Å². The van der Waals surface area contributed by atoms with Gasteiger partial charge in [-0.3, -0.25) is 47.9 Å². The summed E-state index contributed by atoms with van der Waals surface area (Å²) in [5.74, 6) is -13.2. The molecule has 20 atom stereocenters. The second kappa shape index (κ2) is 47.7. The summed E-state index contributed by atoms with van der Waals surface area (Å²) in [6.45, 7) is 0. The van der Waals surface area contributed by atoms with Crippen molar-refractivity contribution >= 4 is 227 Å². The first-order valence-electron chi connectivity index (χ1n) is 51.6. The van der Waals surface area contributed by atoms with Crippen LogP contribution in [0.25, 0.3) is 0 Å². The Morgan fingerprint density at radius 3 is 0.320 bits per heavy atom. The zero-order valence-electron chi connectivity index (χ0n) is 86.2. The third-order valence-corrected chi connectivity index (χ3v) is 47.9. The monoisotopic (exact) mass is 2280 g/mol. The largest absolute Gasteiger partial charge is 0.467 e. The van der Waals surface area contributed by atoms with Crippen LogP contribution in [0, 0.1) is 113 Å². The number of amides is 10. The molecule has 10 N–H and O–H groups in total. The first-order chi connectivity index (χ1) is 71.5. The van der Waals surface area contributed by atoms with Crippen LogP contribution >= 0.6 is 108 Å². The molecular formula is C100H140N10O30S10. The van der Waals surface area contributed by atoms with E-state index in [0.717, 1.165) is 140 Å². The third-order valence-electron chi connectivity index (χ3n) is 35.8. The van der Waals surface area contributed by atoms with E-state index >= 15 is 47.9 Å². The molecule has 0 aromatic heterocycles. The van der Waals surface area contributed by atoms with E-state index in [1.54, 1.807) is 0 Å². The zero-order chi connectivity index (χ0) is 108. The van der Waals surface area contributed by atoms with Gasteiger partial charge in [-0.2, -0.15) is 0 Å². The molecule has 0 aromatic carbocycles. The van der Waals surface area contributed by atoms with Crippen molar-refractivity contribution in [3.63, 3.8) is 0 Å². The number of carbonyl (C=O) groups is 20. The summed E-state index contributed by atoms with van der Waals surface area (Å²) in [7, 11) is 23.3. The number of ether oxygens (including phenoxy) is 10. The number of nitrogens with one attached hydrogen (secondary N) is 10. The fraction of sp³-hybridized carbons (Fsp3) is 0.800. The second-order valence-corrected chi connectivity index (χ2v) is 58.7. The molecule has 20 aliphatic carbocycles. The number of esters is 10. The average Bonchev–Trinajstić information content (AvgIpc) is 0.727. The maximum Gasteiger partial charge on any atom is 0.329 e. The van der Waals surface area contributed by atoms with Gasteiger partial charge >= 0.3 is 59.7 Å². The molecule has 20 saturated carbocycles. The van der Waals surface area contributed by atoms with E-state index in [1.165, 1.54) is 71.1 Å². The van der Waals surface area contributed by atoms with Gasteiger partial charge in [0.05, 0.1) is 125 Å². The quantitative estimate of drug-likeness (QED) is 0.0640. The van der Waals surface area contributed by atoms with Gasteiger partial charge in [0.25, 0.3) is 0 Å². The Morgan fingerprint density at radius 1 is 0.167 bits per heavy atom. The number of methoxy groups -OCH3 is 10. The minimum atomic E-state index is -1.21. The van der Waals surface area contributed by atoms with Crippen LogP contribution in [0.1, 0.15) is 193 Å². The Bertz CT molecular complexity index is 4160. The molecule has 1 saturated heterocycles. The lowest BCUT2D eigenvalue weighted by molar-refractivity contribution is -0.170. The van der Waals surface area contributed by atoms with Crippen molar-refractivity contribution < 1.29 is 143 Å². The summed E-state index contributed by atoms with van der Waals surface area (Å²) in [6, 6.07) is -12.1. The van der Waals surface area contributed by atoms with E-state index in [4.69, 9.17) is 47.4 Å². The van der Waals surface area contributed by atoms with Gasteiger partial charge in [-0.1, -0.05) is 108 Å². The van der Waals surface area contributed by atoms with E-state index < -0.39 is 233 Å². The van der Waals surface area contributed by atoms with Crippen LogP contribution in [0.2, 0.25) is 0 Å². The van der Waals surface area contributed by atoms with Crippen molar-refractivity contribution in [2.45, 2.75) is 253 Å². The molecule has 50 heteroatoms. The summed E-state index contributed by atoms with van der Waals surface area (Å²) < 4.78 is 52.5. The SMILES string of the molecule is COC(=O)C1CSSC[C@@H](C(=O)OC)NC(=O)C23CC4CC(CC(C4)(C2)C(=O)NC(C(=O)OC)CSSC[C@@H](C(=O)OC)NC(=O)C24CC5CC(C2)CC(C5)(C4)C(=O)N[C@H](C(=O)OC)CSSC[C@@H](C(=O)OC)NC(=O)C24CC5CC(CC(C5)(C2)C(=O)NC(C(=O)OC)CSSC[C@@H](C(=O)OC)NC(=O)C25CC6CC(C2)CC(C6)(C5)C(=O)N[C@H](C(=O)OC)CSSC[C@@H](C(=O)OC)NC(=O)C25CC6CC(CC(C6)(C2)C(=O)N1)C5)C4)C3. The zero-order valence-corrected chi connectivity index (χ0v) is 94.3. The van der Waals surface area contributed by atoms with Crippen molar-refractivity contribution in [3.05, 3.63) is 0 Å². The Balaban J connectivity index is 0.607. The smallest absolute Gasteiger partial charge is 0.329 e. The fourth-order valence-corrected chi connectivity index (χ4v) is 42.8. The lowest BCUT2D eigenvalue weighted by atomic mass is 9.43. The normalized spacial score (nSPS) is 40.9. The molecule has 10 amide bonds. The molecule has 0 aromatic rings. The van der Waals surface area contributed by atoms with Gasteiger partial charge in [0, 0.05) is 57.5 Å². The molecule has 40 nitrogen and oxygen atoms in total. The van der Waals surface area contributed by atoms with E-state index in [0.29, 0.717) is 128 Å². The molecule has 21 rings (SSSR count). The predicted molar refractivity (Wildman–Crippen MR) is 562 cm³/mol. The van der Waals surface area contributed by atoms with E-state index in [9.17, 15) is 47.9 Å². The predicted octanol–water partition coefficient (Wildman–Crippen LogP) is 6.42. The molecule has 10 spiro atoms.